The molecule has 1 saturated heterocycles. The monoisotopic (exact) mass is 236 g/mol. The van der Waals surface area contributed by atoms with Crippen LogP contribution in [-0.4, -0.2) is 30.5 Å². The van der Waals surface area contributed by atoms with E-state index in [1.807, 2.05) is 0 Å². The zero-order chi connectivity index (χ0) is 11.7. The maximum atomic E-state index is 6.12. The SMILES string of the molecule is NC1CCCc2c1ccn2CC1COCCO1. The number of hydrogen-bond acceptors (Lipinski definition) is 3. The molecular formula is C13H20N2O2. The second-order valence-electron chi connectivity index (χ2n) is 4.94. The van der Waals surface area contributed by atoms with E-state index < -0.39 is 0 Å². The average Bonchev–Trinajstić information content (AvgIpc) is 2.76. The van der Waals surface area contributed by atoms with Crippen LogP contribution in [0, 0.1) is 0 Å². The van der Waals surface area contributed by atoms with Crippen molar-refractivity contribution in [3.8, 4) is 0 Å². The Balaban J connectivity index is 1.74. The summed E-state index contributed by atoms with van der Waals surface area (Å²) in [6.07, 6.45) is 5.79. The third-order valence-electron chi connectivity index (χ3n) is 3.73. The molecule has 1 fully saturated rings. The molecule has 1 aromatic rings. The van der Waals surface area contributed by atoms with Crippen molar-refractivity contribution < 1.29 is 9.47 Å². The van der Waals surface area contributed by atoms with Crippen LogP contribution >= 0.6 is 0 Å². The minimum absolute atomic E-state index is 0.193. The summed E-state index contributed by atoms with van der Waals surface area (Å²) in [6, 6.07) is 2.39. The summed E-state index contributed by atoms with van der Waals surface area (Å²) >= 11 is 0. The van der Waals surface area contributed by atoms with Gasteiger partial charge in [0.25, 0.3) is 0 Å². The highest BCUT2D eigenvalue weighted by atomic mass is 16.6. The lowest BCUT2D eigenvalue weighted by Gasteiger charge is -2.26. The van der Waals surface area contributed by atoms with Gasteiger partial charge in [-0.2, -0.15) is 0 Å². The van der Waals surface area contributed by atoms with E-state index in [1.54, 1.807) is 0 Å². The number of nitrogens with two attached hydrogens (primary N) is 1. The lowest BCUT2D eigenvalue weighted by Crippen LogP contribution is -2.32. The zero-order valence-corrected chi connectivity index (χ0v) is 10.1. The molecule has 0 amide bonds. The predicted octanol–water partition coefficient (Wildman–Crippen LogP) is 1.24. The predicted molar refractivity (Wildman–Crippen MR) is 64.9 cm³/mol. The smallest absolute Gasteiger partial charge is 0.0987 e. The minimum atomic E-state index is 0.193. The number of nitrogens with zero attached hydrogens (tertiary/aromatic N) is 1. The zero-order valence-electron chi connectivity index (χ0n) is 10.1. The molecular weight excluding hydrogens is 216 g/mol. The summed E-state index contributed by atoms with van der Waals surface area (Å²) in [6.45, 7) is 3.04. The first-order chi connectivity index (χ1) is 8.34. The van der Waals surface area contributed by atoms with Gasteiger partial charge in [-0.1, -0.05) is 0 Å². The molecule has 2 unspecified atom stereocenters. The number of aromatic nitrogens is 1. The van der Waals surface area contributed by atoms with E-state index in [1.165, 1.54) is 17.7 Å². The van der Waals surface area contributed by atoms with Crippen molar-refractivity contribution in [2.75, 3.05) is 19.8 Å². The fourth-order valence-corrected chi connectivity index (χ4v) is 2.83. The summed E-state index contributed by atoms with van der Waals surface area (Å²) < 4.78 is 13.4. The molecule has 2 heterocycles. The summed E-state index contributed by atoms with van der Waals surface area (Å²) in [4.78, 5) is 0. The van der Waals surface area contributed by atoms with Gasteiger partial charge in [0, 0.05) is 17.9 Å². The average molecular weight is 236 g/mol. The molecule has 0 aromatic carbocycles. The summed E-state index contributed by atoms with van der Waals surface area (Å²) in [5.74, 6) is 0. The Morgan fingerprint density at radius 1 is 1.41 bits per heavy atom. The molecule has 1 aromatic heterocycles. The van der Waals surface area contributed by atoms with Crippen molar-refractivity contribution in [3.63, 3.8) is 0 Å². The molecule has 2 aliphatic rings. The molecule has 4 nitrogen and oxygen atoms in total. The quantitative estimate of drug-likeness (QED) is 0.840. The van der Waals surface area contributed by atoms with Crippen LogP contribution in [-0.2, 0) is 22.4 Å². The molecule has 3 rings (SSSR count). The van der Waals surface area contributed by atoms with Crippen molar-refractivity contribution in [2.24, 2.45) is 5.73 Å². The third-order valence-corrected chi connectivity index (χ3v) is 3.73. The highest BCUT2D eigenvalue weighted by Crippen LogP contribution is 2.29. The van der Waals surface area contributed by atoms with Gasteiger partial charge in [-0.15, -0.1) is 0 Å². The minimum Gasteiger partial charge on any atom is -0.376 e. The Bertz CT molecular complexity index is 383. The van der Waals surface area contributed by atoms with Gasteiger partial charge >= 0.3 is 0 Å². The van der Waals surface area contributed by atoms with Crippen LogP contribution in [0.4, 0.5) is 0 Å². The molecule has 4 heteroatoms. The van der Waals surface area contributed by atoms with Crippen molar-refractivity contribution in [2.45, 2.75) is 38.0 Å². The van der Waals surface area contributed by atoms with Gasteiger partial charge in [-0.05, 0) is 30.9 Å². The topological polar surface area (TPSA) is 49.4 Å². The van der Waals surface area contributed by atoms with Gasteiger partial charge in [0.15, 0.2) is 0 Å². The first-order valence-corrected chi connectivity index (χ1v) is 6.47. The molecule has 1 aliphatic carbocycles. The Labute approximate surface area is 102 Å². The molecule has 0 spiro atoms. The first-order valence-electron chi connectivity index (χ1n) is 6.47. The fourth-order valence-electron chi connectivity index (χ4n) is 2.83. The van der Waals surface area contributed by atoms with Crippen LogP contribution in [0.1, 0.15) is 30.1 Å². The van der Waals surface area contributed by atoms with Crippen molar-refractivity contribution in [1.29, 1.82) is 0 Å². The molecule has 0 radical (unpaired) electrons. The van der Waals surface area contributed by atoms with Gasteiger partial charge < -0.3 is 19.8 Å². The second kappa shape index (κ2) is 4.80. The first kappa shape index (κ1) is 11.3. The Morgan fingerprint density at radius 2 is 2.35 bits per heavy atom. The van der Waals surface area contributed by atoms with E-state index in [9.17, 15) is 0 Å². The van der Waals surface area contributed by atoms with E-state index in [-0.39, 0.29) is 12.1 Å². The van der Waals surface area contributed by atoms with Crippen LogP contribution in [0.15, 0.2) is 12.3 Å². The van der Waals surface area contributed by atoms with Gasteiger partial charge in [-0.3, -0.25) is 0 Å². The summed E-state index contributed by atoms with van der Waals surface area (Å²) in [5, 5.41) is 0. The van der Waals surface area contributed by atoms with E-state index in [0.29, 0.717) is 13.2 Å². The van der Waals surface area contributed by atoms with Gasteiger partial charge in [0.2, 0.25) is 0 Å². The molecule has 0 bridgehead atoms. The van der Waals surface area contributed by atoms with E-state index in [2.05, 4.69) is 16.8 Å². The number of hydrogen-bond donors (Lipinski definition) is 1. The van der Waals surface area contributed by atoms with E-state index in [0.717, 1.165) is 26.0 Å². The summed E-state index contributed by atoms with van der Waals surface area (Å²) in [7, 11) is 0. The largest absolute Gasteiger partial charge is 0.376 e. The Morgan fingerprint density at radius 3 is 3.18 bits per heavy atom. The molecule has 0 saturated carbocycles. The highest BCUT2D eigenvalue weighted by Gasteiger charge is 2.22. The molecule has 2 N–H and O–H groups in total. The highest BCUT2D eigenvalue weighted by molar-refractivity contribution is 5.28. The number of rotatable bonds is 2. The van der Waals surface area contributed by atoms with Crippen LogP contribution in [0.25, 0.3) is 0 Å². The summed E-state index contributed by atoms with van der Waals surface area (Å²) in [5.41, 5.74) is 8.85. The van der Waals surface area contributed by atoms with Crippen molar-refractivity contribution in [1.82, 2.24) is 4.57 Å². The Kier molecular flexibility index (Phi) is 3.18. The maximum absolute atomic E-state index is 6.12. The number of ether oxygens (including phenoxy) is 2. The van der Waals surface area contributed by atoms with Crippen LogP contribution < -0.4 is 5.73 Å². The maximum Gasteiger partial charge on any atom is 0.0987 e. The van der Waals surface area contributed by atoms with Crippen LogP contribution in [0.5, 0.6) is 0 Å². The standard InChI is InChI=1S/C13H20N2O2/c14-12-2-1-3-13-11(12)4-5-15(13)8-10-9-16-6-7-17-10/h4-5,10,12H,1-3,6-9,14H2. The van der Waals surface area contributed by atoms with Gasteiger partial charge in [0.1, 0.15) is 0 Å². The van der Waals surface area contributed by atoms with Crippen molar-refractivity contribution >= 4 is 0 Å². The normalized spacial score (nSPS) is 29.0. The van der Waals surface area contributed by atoms with Crippen molar-refractivity contribution in [3.05, 3.63) is 23.5 Å². The Hall–Kier alpha value is -0.840. The third kappa shape index (κ3) is 2.25. The van der Waals surface area contributed by atoms with Crippen LogP contribution in [0.2, 0.25) is 0 Å². The van der Waals surface area contributed by atoms with Crippen LogP contribution in [0.3, 0.4) is 0 Å². The lowest BCUT2D eigenvalue weighted by atomic mass is 9.93. The number of fused-ring (bicyclic) bond motifs is 1. The molecule has 2 atom stereocenters. The molecule has 94 valence electrons. The van der Waals surface area contributed by atoms with E-state index >= 15 is 0 Å². The molecule has 1 aliphatic heterocycles. The van der Waals surface area contributed by atoms with Gasteiger partial charge in [0.05, 0.1) is 32.5 Å². The second-order valence-corrected chi connectivity index (χ2v) is 4.94. The molecule has 17 heavy (non-hydrogen) atoms. The van der Waals surface area contributed by atoms with Gasteiger partial charge in [-0.25, -0.2) is 0 Å². The lowest BCUT2D eigenvalue weighted by molar-refractivity contribution is -0.0937. The van der Waals surface area contributed by atoms with E-state index in [4.69, 9.17) is 15.2 Å². The fraction of sp³-hybridized carbons (Fsp3) is 0.692.